The molecular weight excluding hydrogens is 322 g/mol. The number of aliphatic hydroxyl groups excluding tert-OH is 1. The van der Waals surface area contributed by atoms with Gasteiger partial charge in [-0.25, -0.2) is 0 Å². The lowest BCUT2D eigenvalue weighted by Gasteiger charge is -2.26. The van der Waals surface area contributed by atoms with Crippen LogP contribution in [-0.2, 0) is 6.54 Å². The van der Waals surface area contributed by atoms with Gasteiger partial charge in [-0.05, 0) is 48.9 Å². The van der Waals surface area contributed by atoms with Gasteiger partial charge in [-0.3, -0.25) is 0 Å². The Hall–Kier alpha value is -2.06. The highest BCUT2D eigenvalue weighted by molar-refractivity contribution is 6.30. The molecule has 0 unspecified atom stereocenters. The molecule has 2 N–H and O–H groups in total. The van der Waals surface area contributed by atoms with E-state index >= 15 is 0 Å². The standard InChI is InChI=1S/C19H22ClN3O/c20-18-8-7-16(14-21)17(13-18)15-23(11-10-22-9-4-12-24)19-5-2-1-3-6-19/h1-3,5-8,13,22,24H,4,9-12,15H2. The Morgan fingerprint density at radius 3 is 2.62 bits per heavy atom. The van der Waals surface area contributed by atoms with Gasteiger partial charge in [-0.15, -0.1) is 0 Å². The molecule has 0 aliphatic carbocycles. The first kappa shape index (κ1) is 18.3. The third-order valence-electron chi connectivity index (χ3n) is 3.74. The molecule has 0 fully saturated rings. The summed E-state index contributed by atoms with van der Waals surface area (Å²) in [4.78, 5) is 2.22. The van der Waals surface area contributed by atoms with Crippen LogP contribution in [0, 0.1) is 11.3 Å². The minimum Gasteiger partial charge on any atom is -0.396 e. The lowest BCUT2D eigenvalue weighted by atomic mass is 10.1. The minimum atomic E-state index is 0.198. The van der Waals surface area contributed by atoms with Crippen molar-refractivity contribution in [1.29, 1.82) is 5.26 Å². The number of hydrogen-bond donors (Lipinski definition) is 2. The predicted molar refractivity (Wildman–Crippen MR) is 98.2 cm³/mol. The molecule has 0 bridgehead atoms. The molecule has 24 heavy (non-hydrogen) atoms. The molecule has 0 aliphatic heterocycles. The van der Waals surface area contributed by atoms with Gasteiger partial charge in [0.05, 0.1) is 11.6 Å². The molecule has 5 heteroatoms. The number of nitriles is 1. The van der Waals surface area contributed by atoms with Crippen LogP contribution in [0.3, 0.4) is 0 Å². The van der Waals surface area contributed by atoms with Crippen LogP contribution in [-0.4, -0.2) is 31.3 Å². The van der Waals surface area contributed by atoms with Crippen LogP contribution >= 0.6 is 11.6 Å². The second-order valence-electron chi connectivity index (χ2n) is 5.50. The highest BCUT2D eigenvalue weighted by Gasteiger charge is 2.10. The number of halogens is 1. The summed E-state index contributed by atoms with van der Waals surface area (Å²) in [5, 5.41) is 22.1. The number of anilines is 1. The third kappa shape index (κ3) is 5.54. The van der Waals surface area contributed by atoms with Crippen LogP contribution in [0.25, 0.3) is 0 Å². The molecule has 4 nitrogen and oxygen atoms in total. The van der Waals surface area contributed by atoms with Crippen LogP contribution in [0.5, 0.6) is 0 Å². The smallest absolute Gasteiger partial charge is 0.0995 e. The van der Waals surface area contributed by atoms with E-state index in [1.165, 1.54) is 0 Å². The third-order valence-corrected chi connectivity index (χ3v) is 3.98. The Kier molecular flexibility index (Phi) is 7.57. The van der Waals surface area contributed by atoms with Crippen molar-refractivity contribution in [3.63, 3.8) is 0 Å². The van der Waals surface area contributed by atoms with Gasteiger partial charge in [0, 0.05) is 37.0 Å². The molecule has 0 spiro atoms. The zero-order valence-electron chi connectivity index (χ0n) is 13.6. The van der Waals surface area contributed by atoms with Crippen molar-refractivity contribution in [2.45, 2.75) is 13.0 Å². The first-order chi connectivity index (χ1) is 11.7. The van der Waals surface area contributed by atoms with Gasteiger partial charge in [0.1, 0.15) is 0 Å². The zero-order chi connectivity index (χ0) is 17.2. The topological polar surface area (TPSA) is 59.3 Å². The molecule has 0 saturated carbocycles. The highest BCUT2D eigenvalue weighted by Crippen LogP contribution is 2.21. The number of nitrogens with one attached hydrogen (secondary N) is 1. The average molecular weight is 344 g/mol. The molecule has 0 aromatic heterocycles. The molecule has 0 saturated heterocycles. The van der Waals surface area contributed by atoms with Gasteiger partial charge >= 0.3 is 0 Å². The van der Waals surface area contributed by atoms with Crippen LogP contribution < -0.4 is 10.2 Å². The number of benzene rings is 2. The van der Waals surface area contributed by atoms with Gasteiger partial charge in [-0.1, -0.05) is 29.8 Å². The fourth-order valence-electron chi connectivity index (χ4n) is 2.49. The van der Waals surface area contributed by atoms with Crippen LogP contribution in [0.2, 0.25) is 5.02 Å². The number of aliphatic hydroxyl groups is 1. The second kappa shape index (κ2) is 9.94. The van der Waals surface area contributed by atoms with E-state index in [4.69, 9.17) is 16.7 Å². The van der Waals surface area contributed by atoms with E-state index in [2.05, 4.69) is 28.4 Å². The molecule has 0 amide bonds. The zero-order valence-corrected chi connectivity index (χ0v) is 14.3. The maximum atomic E-state index is 9.32. The normalized spacial score (nSPS) is 10.4. The summed E-state index contributed by atoms with van der Waals surface area (Å²) < 4.78 is 0. The van der Waals surface area contributed by atoms with Crippen molar-refractivity contribution in [1.82, 2.24) is 5.32 Å². The molecular formula is C19H22ClN3O. The van der Waals surface area contributed by atoms with Crippen molar-refractivity contribution in [3.8, 4) is 6.07 Å². The predicted octanol–water partition coefficient (Wildman–Crippen LogP) is 3.19. The first-order valence-corrected chi connectivity index (χ1v) is 8.42. The molecule has 0 heterocycles. The summed E-state index contributed by atoms with van der Waals surface area (Å²) in [7, 11) is 0. The Morgan fingerprint density at radius 2 is 1.92 bits per heavy atom. The summed E-state index contributed by atoms with van der Waals surface area (Å²) in [6, 6.07) is 17.7. The Labute approximate surface area is 148 Å². The number of rotatable bonds is 9. The fourth-order valence-corrected chi connectivity index (χ4v) is 2.68. The average Bonchev–Trinajstić information content (AvgIpc) is 2.61. The van der Waals surface area contributed by atoms with E-state index in [0.717, 1.165) is 37.3 Å². The van der Waals surface area contributed by atoms with Crippen molar-refractivity contribution in [3.05, 3.63) is 64.7 Å². The molecule has 2 aromatic rings. The fraction of sp³-hybridized carbons (Fsp3) is 0.316. The van der Waals surface area contributed by atoms with Crippen LogP contribution in [0.15, 0.2) is 48.5 Å². The maximum absolute atomic E-state index is 9.32. The van der Waals surface area contributed by atoms with Crippen molar-refractivity contribution >= 4 is 17.3 Å². The van der Waals surface area contributed by atoms with Crippen LogP contribution in [0.1, 0.15) is 17.5 Å². The Morgan fingerprint density at radius 1 is 1.12 bits per heavy atom. The maximum Gasteiger partial charge on any atom is 0.0995 e. The molecule has 0 aliphatic rings. The van der Waals surface area contributed by atoms with Crippen molar-refractivity contribution in [2.24, 2.45) is 0 Å². The first-order valence-electron chi connectivity index (χ1n) is 8.04. The highest BCUT2D eigenvalue weighted by atomic mass is 35.5. The van der Waals surface area contributed by atoms with Crippen molar-refractivity contribution < 1.29 is 5.11 Å². The quantitative estimate of drug-likeness (QED) is 0.686. The monoisotopic (exact) mass is 343 g/mol. The largest absolute Gasteiger partial charge is 0.396 e. The molecule has 2 rings (SSSR count). The van der Waals surface area contributed by atoms with E-state index in [-0.39, 0.29) is 6.61 Å². The number of hydrogen-bond acceptors (Lipinski definition) is 4. The van der Waals surface area contributed by atoms with E-state index in [0.29, 0.717) is 17.1 Å². The summed E-state index contributed by atoms with van der Waals surface area (Å²) in [6.45, 7) is 3.21. The Balaban J connectivity index is 2.11. The van der Waals surface area contributed by atoms with E-state index < -0.39 is 0 Å². The van der Waals surface area contributed by atoms with E-state index in [9.17, 15) is 5.26 Å². The SMILES string of the molecule is N#Cc1ccc(Cl)cc1CN(CCNCCCO)c1ccccc1. The summed E-state index contributed by atoms with van der Waals surface area (Å²) in [5.41, 5.74) is 2.67. The molecule has 126 valence electrons. The number of nitrogens with zero attached hydrogens (tertiary/aromatic N) is 2. The van der Waals surface area contributed by atoms with Gasteiger partial charge in [-0.2, -0.15) is 5.26 Å². The lowest BCUT2D eigenvalue weighted by molar-refractivity contribution is 0.286. The van der Waals surface area contributed by atoms with Gasteiger partial charge in [0.25, 0.3) is 0 Å². The van der Waals surface area contributed by atoms with Gasteiger partial charge in [0.2, 0.25) is 0 Å². The van der Waals surface area contributed by atoms with Gasteiger partial charge in [0.15, 0.2) is 0 Å². The Bertz CT molecular complexity index is 670. The summed E-state index contributed by atoms with van der Waals surface area (Å²) in [6.07, 6.45) is 0.748. The van der Waals surface area contributed by atoms with E-state index in [1.807, 2.05) is 24.3 Å². The van der Waals surface area contributed by atoms with Gasteiger partial charge < -0.3 is 15.3 Å². The number of para-hydroxylation sites is 1. The van der Waals surface area contributed by atoms with E-state index in [1.54, 1.807) is 12.1 Å². The summed E-state index contributed by atoms with van der Waals surface area (Å²) >= 11 is 6.10. The van der Waals surface area contributed by atoms with Crippen molar-refractivity contribution in [2.75, 3.05) is 31.1 Å². The van der Waals surface area contributed by atoms with Crippen LogP contribution in [0.4, 0.5) is 5.69 Å². The lowest BCUT2D eigenvalue weighted by Crippen LogP contribution is -2.32. The summed E-state index contributed by atoms with van der Waals surface area (Å²) in [5.74, 6) is 0. The molecule has 2 aromatic carbocycles. The molecule has 0 radical (unpaired) electrons. The molecule has 0 atom stereocenters. The second-order valence-corrected chi connectivity index (χ2v) is 5.93. The minimum absolute atomic E-state index is 0.198.